The molecule has 0 saturated carbocycles. The summed E-state index contributed by atoms with van der Waals surface area (Å²) in [5.41, 5.74) is 1.53. The first-order valence-electron chi connectivity index (χ1n) is 8.94. The van der Waals surface area contributed by atoms with Crippen LogP contribution in [-0.2, 0) is 16.7 Å². The molecule has 1 aromatic heterocycles. The highest BCUT2D eigenvalue weighted by Crippen LogP contribution is 2.44. The zero-order chi connectivity index (χ0) is 17.0. The fourth-order valence-corrected chi connectivity index (χ4v) is 4.15. The second-order valence-electron chi connectivity index (χ2n) is 7.75. The Morgan fingerprint density at radius 3 is 2.58 bits per heavy atom. The minimum absolute atomic E-state index is 0.0746. The van der Waals surface area contributed by atoms with Gasteiger partial charge in [0.15, 0.2) is 0 Å². The summed E-state index contributed by atoms with van der Waals surface area (Å²) < 4.78 is 11.4. The lowest BCUT2D eigenvalue weighted by atomic mass is 9.66. The van der Waals surface area contributed by atoms with Crippen LogP contribution in [0.3, 0.4) is 0 Å². The van der Waals surface area contributed by atoms with Gasteiger partial charge in [0.25, 0.3) is 0 Å². The van der Waals surface area contributed by atoms with Crippen molar-refractivity contribution >= 4 is 0 Å². The van der Waals surface area contributed by atoms with E-state index in [1.54, 1.807) is 6.26 Å². The quantitative estimate of drug-likeness (QED) is 0.837. The monoisotopic (exact) mass is 327 g/mol. The molecule has 3 heteroatoms. The minimum Gasteiger partial charge on any atom is -0.468 e. The number of hydrogen-bond donors (Lipinski definition) is 1. The molecule has 1 aliphatic heterocycles. The molecule has 0 amide bonds. The molecule has 2 atom stereocenters. The summed E-state index contributed by atoms with van der Waals surface area (Å²) in [5, 5.41) is 3.62. The molecule has 0 spiro atoms. The van der Waals surface area contributed by atoms with Crippen molar-refractivity contribution in [2.75, 3.05) is 6.61 Å². The number of ether oxygens (including phenoxy) is 1. The van der Waals surface area contributed by atoms with E-state index in [2.05, 4.69) is 56.4 Å². The molecule has 1 aromatic carbocycles. The molecule has 1 fully saturated rings. The van der Waals surface area contributed by atoms with E-state index in [-0.39, 0.29) is 11.0 Å². The topological polar surface area (TPSA) is 34.4 Å². The fraction of sp³-hybridized carbons (Fsp3) is 0.524. The Kier molecular flexibility index (Phi) is 5.12. The number of nitrogens with one attached hydrogen (secondary N) is 1. The Morgan fingerprint density at radius 1 is 1.12 bits per heavy atom. The van der Waals surface area contributed by atoms with Crippen LogP contribution in [0.2, 0.25) is 0 Å². The first-order chi connectivity index (χ1) is 11.5. The van der Waals surface area contributed by atoms with E-state index in [1.807, 2.05) is 12.1 Å². The van der Waals surface area contributed by atoms with Crippen LogP contribution in [0.25, 0.3) is 0 Å². The molecular weight excluding hydrogens is 298 g/mol. The lowest BCUT2D eigenvalue weighted by molar-refractivity contribution is -0.0855. The standard InChI is InChI=1S/C21H29NO2/c1-17(22-15-19-10-7-12-23-19)14-21(18-8-5-4-6-9-18)11-13-24-20(2,3)16-21/h4-10,12,17,22H,11,13-16H2,1-3H3/t17-,21-/m1/s1. The lowest BCUT2D eigenvalue weighted by Gasteiger charge is -2.46. The van der Waals surface area contributed by atoms with Gasteiger partial charge < -0.3 is 14.5 Å². The largest absolute Gasteiger partial charge is 0.468 e. The predicted molar refractivity (Wildman–Crippen MR) is 97.0 cm³/mol. The number of hydrogen-bond acceptors (Lipinski definition) is 3. The van der Waals surface area contributed by atoms with Crippen LogP contribution in [0.1, 0.15) is 51.4 Å². The molecule has 0 bridgehead atoms. The molecular formula is C21H29NO2. The first kappa shape index (κ1) is 17.2. The zero-order valence-corrected chi connectivity index (χ0v) is 15.0. The molecule has 130 valence electrons. The molecule has 0 radical (unpaired) electrons. The van der Waals surface area contributed by atoms with E-state index >= 15 is 0 Å². The van der Waals surface area contributed by atoms with Gasteiger partial charge in [0.2, 0.25) is 0 Å². The molecule has 3 nitrogen and oxygen atoms in total. The van der Waals surface area contributed by atoms with Gasteiger partial charge in [-0.05, 0) is 57.7 Å². The summed E-state index contributed by atoms with van der Waals surface area (Å²) in [4.78, 5) is 0. The predicted octanol–water partition coefficient (Wildman–Crippen LogP) is 4.67. The van der Waals surface area contributed by atoms with Crippen LogP contribution >= 0.6 is 0 Å². The maximum Gasteiger partial charge on any atom is 0.117 e. The molecule has 2 heterocycles. The highest BCUT2D eigenvalue weighted by molar-refractivity contribution is 5.27. The van der Waals surface area contributed by atoms with E-state index in [0.29, 0.717) is 6.04 Å². The zero-order valence-electron chi connectivity index (χ0n) is 15.0. The third kappa shape index (κ3) is 4.08. The molecule has 1 N–H and O–H groups in total. The van der Waals surface area contributed by atoms with Crippen LogP contribution < -0.4 is 5.32 Å². The van der Waals surface area contributed by atoms with Gasteiger partial charge in [0, 0.05) is 18.1 Å². The number of furan rings is 1. The maximum absolute atomic E-state index is 6.01. The molecule has 0 aliphatic carbocycles. The van der Waals surface area contributed by atoms with Gasteiger partial charge in [0.05, 0.1) is 18.4 Å². The fourth-order valence-electron chi connectivity index (χ4n) is 4.15. The highest BCUT2D eigenvalue weighted by atomic mass is 16.5. The third-order valence-electron chi connectivity index (χ3n) is 5.13. The van der Waals surface area contributed by atoms with Crippen molar-refractivity contribution in [3.8, 4) is 0 Å². The van der Waals surface area contributed by atoms with Crippen molar-refractivity contribution < 1.29 is 9.15 Å². The van der Waals surface area contributed by atoms with Gasteiger partial charge in [0.1, 0.15) is 5.76 Å². The second-order valence-corrected chi connectivity index (χ2v) is 7.75. The van der Waals surface area contributed by atoms with Crippen LogP contribution in [0.5, 0.6) is 0 Å². The van der Waals surface area contributed by atoms with Crippen molar-refractivity contribution in [2.45, 2.75) is 63.6 Å². The van der Waals surface area contributed by atoms with E-state index in [0.717, 1.165) is 38.2 Å². The van der Waals surface area contributed by atoms with Gasteiger partial charge in [-0.1, -0.05) is 30.3 Å². The van der Waals surface area contributed by atoms with Gasteiger partial charge >= 0.3 is 0 Å². The van der Waals surface area contributed by atoms with E-state index in [4.69, 9.17) is 9.15 Å². The van der Waals surface area contributed by atoms with Crippen LogP contribution in [-0.4, -0.2) is 18.2 Å². The maximum atomic E-state index is 6.01. The first-order valence-corrected chi connectivity index (χ1v) is 8.94. The van der Waals surface area contributed by atoms with Crippen molar-refractivity contribution in [3.05, 3.63) is 60.1 Å². The normalized spacial score (nSPS) is 24.6. The summed E-state index contributed by atoms with van der Waals surface area (Å²) in [7, 11) is 0. The van der Waals surface area contributed by atoms with E-state index in [1.165, 1.54) is 5.56 Å². The Morgan fingerprint density at radius 2 is 1.92 bits per heavy atom. The van der Waals surface area contributed by atoms with Gasteiger partial charge in [-0.15, -0.1) is 0 Å². The molecule has 1 saturated heterocycles. The Hall–Kier alpha value is -1.58. The van der Waals surface area contributed by atoms with Gasteiger partial charge in [-0.2, -0.15) is 0 Å². The SMILES string of the molecule is C[C@H](C[C@]1(c2ccccc2)CCOC(C)(C)C1)NCc1ccco1. The Bertz CT molecular complexity index is 621. The smallest absolute Gasteiger partial charge is 0.117 e. The van der Waals surface area contributed by atoms with Crippen molar-refractivity contribution in [2.24, 2.45) is 0 Å². The Balaban J connectivity index is 1.75. The van der Waals surface area contributed by atoms with Gasteiger partial charge in [-0.3, -0.25) is 0 Å². The lowest BCUT2D eigenvalue weighted by Crippen LogP contribution is -2.47. The number of rotatable bonds is 6. The molecule has 3 rings (SSSR count). The highest BCUT2D eigenvalue weighted by Gasteiger charge is 2.42. The average Bonchev–Trinajstić information content (AvgIpc) is 3.06. The van der Waals surface area contributed by atoms with Gasteiger partial charge in [-0.25, -0.2) is 0 Å². The van der Waals surface area contributed by atoms with Crippen molar-refractivity contribution in [1.82, 2.24) is 5.32 Å². The molecule has 2 aromatic rings. The van der Waals surface area contributed by atoms with E-state index in [9.17, 15) is 0 Å². The van der Waals surface area contributed by atoms with Crippen molar-refractivity contribution in [1.29, 1.82) is 0 Å². The Labute approximate surface area is 145 Å². The average molecular weight is 327 g/mol. The minimum atomic E-state index is -0.0746. The number of benzene rings is 1. The summed E-state index contributed by atoms with van der Waals surface area (Å²) in [6.07, 6.45) is 4.96. The summed E-state index contributed by atoms with van der Waals surface area (Å²) in [6, 6.07) is 15.3. The summed E-state index contributed by atoms with van der Waals surface area (Å²) in [5.74, 6) is 0.989. The van der Waals surface area contributed by atoms with Crippen molar-refractivity contribution in [3.63, 3.8) is 0 Å². The van der Waals surface area contributed by atoms with E-state index < -0.39 is 0 Å². The molecule has 0 unspecified atom stereocenters. The van der Waals surface area contributed by atoms with Crippen LogP contribution in [0.15, 0.2) is 53.1 Å². The summed E-state index contributed by atoms with van der Waals surface area (Å²) >= 11 is 0. The molecule has 1 aliphatic rings. The molecule has 24 heavy (non-hydrogen) atoms. The third-order valence-corrected chi connectivity index (χ3v) is 5.13. The van der Waals surface area contributed by atoms with Crippen LogP contribution in [0.4, 0.5) is 0 Å². The van der Waals surface area contributed by atoms with Crippen LogP contribution in [0, 0.1) is 0 Å². The second kappa shape index (κ2) is 7.12. The summed E-state index contributed by atoms with van der Waals surface area (Å²) in [6.45, 7) is 8.30.